The van der Waals surface area contributed by atoms with E-state index in [1.54, 1.807) is 18.2 Å². The van der Waals surface area contributed by atoms with Crippen LogP contribution in [-0.2, 0) is 5.92 Å². The summed E-state index contributed by atoms with van der Waals surface area (Å²) in [5.41, 5.74) is 0.123. The summed E-state index contributed by atoms with van der Waals surface area (Å²) in [6, 6.07) is 8.57. The minimum Gasteiger partial charge on any atom is -0.312 e. The minimum absolute atomic E-state index is 0.123. The molecule has 2 heterocycles. The molecule has 1 aromatic rings. The smallest absolute Gasteiger partial charge is 0.285 e. The Kier molecular flexibility index (Phi) is 3.54. The summed E-state index contributed by atoms with van der Waals surface area (Å²) in [6.45, 7) is 2.43. The van der Waals surface area contributed by atoms with E-state index in [9.17, 15) is 8.78 Å². The molecule has 3 rings (SSSR count). The molecule has 2 aliphatic heterocycles. The Bertz CT molecular complexity index is 407. The zero-order valence-corrected chi connectivity index (χ0v) is 11.0. The second kappa shape index (κ2) is 5.17. The standard InChI is InChI=1S/C15H20F2N2/c16-15(17,13-6-2-1-3-7-13)11-19-9-12-5-4-8-18-14(12)10-19/h1-3,6-7,12,14,18H,4-5,8-11H2/t12-,14+/m0/s1. The van der Waals surface area contributed by atoms with Crippen molar-refractivity contribution in [1.82, 2.24) is 10.2 Å². The number of nitrogens with zero attached hydrogens (tertiary/aromatic N) is 1. The van der Waals surface area contributed by atoms with Crippen molar-refractivity contribution in [2.45, 2.75) is 24.8 Å². The van der Waals surface area contributed by atoms with Crippen LogP contribution in [0.5, 0.6) is 0 Å². The van der Waals surface area contributed by atoms with Crippen LogP contribution in [0, 0.1) is 5.92 Å². The SMILES string of the molecule is FC(F)(CN1C[C@@H]2CCCN[C@@H]2C1)c1ccccc1. The molecular weight excluding hydrogens is 246 g/mol. The van der Waals surface area contributed by atoms with E-state index >= 15 is 0 Å². The van der Waals surface area contributed by atoms with E-state index in [-0.39, 0.29) is 12.1 Å². The van der Waals surface area contributed by atoms with Gasteiger partial charge in [-0.2, -0.15) is 8.78 Å². The summed E-state index contributed by atoms with van der Waals surface area (Å²) in [5.74, 6) is -2.20. The summed E-state index contributed by atoms with van der Waals surface area (Å²) >= 11 is 0. The van der Waals surface area contributed by atoms with Gasteiger partial charge in [-0.25, -0.2) is 0 Å². The molecule has 4 heteroatoms. The van der Waals surface area contributed by atoms with Crippen LogP contribution in [0.3, 0.4) is 0 Å². The molecule has 2 aliphatic rings. The highest BCUT2D eigenvalue weighted by molar-refractivity contribution is 5.20. The number of halogens is 2. The number of fused-ring (bicyclic) bond motifs is 1. The van der Waals surface area contributed by atoms with Crippen LogP contribution in [0.25, 0.3) is 0 Å². The zero-order chi connectivity index (χ0) is 13.3. The summed E-state index contributed by atoms with van der Waals surface area (Å²) < 4.78 is 28.4. The molecular formula is C15H20F2N2. The van der Waals surface area contributed by atoms with Gasteiger partial charge < -0.3 is 5.32 Å². The Morgan fingerprint density at radius 3 is 2.74 bits per heavy atom. The number of likely N-dealkylation sites (tertiary alicyclic amines) is 1. The van der Waals surface area contributed by atoms with Crippen molar-refractivity contribution in [3.63, 3.8) is 0 Å². The summed E-state index contributed by atoms with van der Waals surface area (Å²) in [5, 5.41) is 3.45. The maximum Gasteiger partial charge on any atom is 0.285 e. The maximum absolute atomic E-state index is 14.2. The van der Waals surface area contributed by atoms with Crippen molar-refractivity contribution in [2.75, 3.05) is 26.2 Å². The highest BCUT2D eigenvalue weighted by atomic mass is 19.3. The van der Waals surface area contributed by atoms with Gasteiger partial charge in [0, 0.05) is 24.7 Å². The van der Waals surface area contributed by atoms with Crippen LogP contribution >= 0.6 is 0 Å². The fourth-order valence-corrected chi connectivity index (χ4v) is 3.32. The molecule has 0 radical (unpaired) electrons. The van der Waals surface area contributed by atoms with Gasteiger partial charge in [0.25, 0.3) is 5.92 Å². The lowest BCUT2D eigenvalue weighted by Gasteiger charge is -2.25. The van der Waals surface area contributed by atoms with E-state index in [0.29, 0.717) is 12.0 Å². The molecule has 0 unspecified atom stereocenters. The monoisotopic (exact) mass is 266 g/mol. The number of hydrogen-bond donors (Lipinski definition) is 1. The average molecular weight is 266 g/mol. The fourth-order valence-electron chi connectivity index (χ4n) is 3.32. The number of hydrogen-bond acceptors (Lipinski definition) is 2. The first-order chi connectivity index (χ1) is 9.15. The summed E-state index contributed by atoms with van der Waals surface area (Å²) in [6.07, 6.45) is 2.34. The van der Waals surface area contributed by atoms with E-state index in [1.165, 1.54) is 25.0 Å². The molecule has 19 heavy (non-hydrogen) atoms. The first-order valence-corrected chi connectivity index (χ1v) is 7.04. The molecule has 2 saturated heterocycles. The van der Waals surface area contributed by atoms with Gasteiger partial charge in [0.15, 0.2) is 0 Å². The molecule has 0 aliphatic carbocycles. The molecule has 2 nitrogen and oxygen atoms in total. The van der Waals surface area contributed by atoms with Gasteiger partial charge in [-0.1, -0.05) is 30.3 Å². The molecule has 0 spiro atoms. The molecule has 1 aromatic carbocycles. The number of alkyl halides is 2. The Labute approximate surface area is 112 Å². The number of benzene rings is 1. The first-order valence-electron chi connectivity index (χ1n) is 7.04. The fraction of sp³-hybridized carbons (Fsp3) is 0.600. The number of rotatable bonds is 3. The predicted octanol–water partition coefficient (Wildman–Crippen LogP) is 2.46. The Balaban J connectivity index is 1.65. The van der Waals surface area contributed by atoms with Crippen molar-refractivity contribution in [3.8, 4) is 0 Å². The van der Waals surface area contributed by atoms with E-state index in [1.807, 2.05) is 4.90 Å². The van der Waals surface area contributed by atoms with Crippen LogP contribution in [0.2, 0.25) is 0 Å². The molecule has 2 fully saturated rings. The Hall–Kier alpha value is -1.00. The summed E-state index contributed by atoms with van der Waals surface area (Å²) in [4.78, 5) is 1.92. The molecule has 0 saturated carbocycles. The van der Waals surface area contributed by atoms with E-state index < -0.39 is 5.92 Å². The minimum atomic E-state index is -2.76. The van der Waals surface area contributed by atoms with Gasteiger partial charge in [-0.05, 0) is 25.3 Å². The lowest BCUT2D eigenvalue weighted by atomic mass is 9.94. The van der Waals surface area contributed by atoms with Crippen LogP contribution in [0.15, 0.2) is 30.3 Å². The normalized spacial score (nSPS) is 28.3. The second-order valence-corrected chi connectivity index (χ2v) is 5.73. The lowest BCUT2D eigenvalue weighted by molar-refractivity contribution is -0.0336. The van der Waals surface area contributed by atoms with Gasteiger partial charge in [0.2, 0.25) is 0 Å². The van der Waals surface area contributed by atoms with Crippen molar-refractivity contribution >= 4 is 0 Å². The second-order valence-electron chi connectivity index (χ2n) is 5.73. The third kappa shape index (κ3) is 2.79. The van der Waals surface area contributed by atoms with Crippen LogP contribution in [0.4, 0.5) is 8.78 Å². The predicted molar refractivity (Wildman–Crippen MR) is 71.3 cm³/mol. The third-order valence-electron chi connectivity index (χ3n) is 4.29. The molecule has 0 bridgehead atoms. The van der Waals surface area contributed by atoms with E-state index in [4.69, 9.17) is 0 Å². The molecule has 0 amide bonds. The van der Waals surface area contributed by atoms with Gasteiger partial charge in [0.05, 0.1) is 6.54 Å². The van der Waals surface area contributed by atoms with Gasteiger partial charge in [-0.3, -0.25) is 4.90 Å². The zero-order valence-electron chi connectivity index (χ0n) is 11.0. The quantitative estimate of drug-likeness (QED) is 0.904. The van der Waals surface area contributed by atoms with Crippen molar-refractivity contribution < 1.29 is 8.78 Å². The van der Waals surface area contributed by atoms with Crippen molar-refractivity contribution in [3.05, 3.63) is 35.9 Å². The highest BCUT2D eigenvalue weighted by Crippen LogP contribution is 2.32. The largest absolute Gasteiger partial charge is 0.312 e. The Morgan fingerprint density at radius 2 is 2.00 bits per heavy atom. The van der Waals surface area contributed by atoms with Crippen molar-refractivity contribution in [1.29, 1.82) is 0 Å². The van der Waals surface area contributed by atoms with Crippen molar-refractivity contribution in [2.24, 2.45) is 5.92 Å². The Morgan fingerprint density at radius 1 is 1.21 bits per heavy atom. The van der Waals surface area contributed by atoms with Gasteiger partial charge in [0.1, 0.15) is 0 Å². The van der Waals surface area contributed by atoms with Gasteiger partial charge >= 0.3 is 0 Å². The van der Waals surface area contributed by atoms with E-state index in [2.05, 4.69) is 5.32 Å². The molecule has 2 atom stereocenters. The summed E-state index contributed by atoms with van der Waals surface area (Å²) in [7, 11) is 0. The molecule has 104 valence electrons. The molecule has 0 aromatic heterocycles. The number of piperidine rings is 1. The van der Waals surface area contributed by atoms with Crippen LogP contribution in [0.1, 0.15) is 18.4 Å². The first kappa shape index (κ1) is 13.0. The maximum atomic E-state index is 14.2. The highest BCUT2D eigenvalue weighted by Gasteiger charge is 2.40. The molecule has 1 N–H and O–H groups in total. The third-order valence-corrected chi connectivity index (χ3v) is 4.29. The topological polar surface area (TPSA) is 15.3 Å². The number of nitrogens with one attached hydrogen (secondary N) is 1. The van der Waals surface area contributed by atoms with E-state index in [0.717, 1.165) is 19.6 Å². The van der Waals surface area contributed by atoms with Crippen LogP contribution in [-0.4, -0.2) is 37.1 Å². The average Bonchev–Trinajstić information content (AvgIpc) is 2.81. The van der Waals surface area contributed by atoms with Crippen LogP contribution < -0.4 is 5.32 Å². The van der Waals surface area contributed by atoms with Gasteiger partial charge in [-0.15, -0.1) is 0 Å². The lowest BCUT2D eigenvalue weighted by Crippen LogP contribution is -2.41.